The smallest absolute Gasteiger partial charge is 0.250 e. The van der Waals surface area contributed by atoms with Crippen molar-refractivity contribution in [3.05, 3.63) is 64.7 Å². The van der Waals surface area contributed by atoms with E-state index >= 15 is 0 Å². The molecule has 6 atom stereocenters. The molecule has 9 heteroatoms. The number of aliphatic hydroxyl groups excluding tert-OH is 1. The number of para-hydroxylation sites is 1. The summed E-state index contributed by atoms with van der Waals surface area (Å²) < 4.78 is 6.72. The van der Waals surface area contributed by atoms with E-state index in [9.17, 15) is 19.5 Å². The largest absolute Gasteiger partial charge is 0.394 e. The Morgan fingerprint density at radius 2 is 1.89 bits per heavy atom. The van der Waals surface area contributed by atoms with E-state index in [1.807, 2.05) is 50.2 Å². The number of aliphatic hydroxyl groups is 1. The van der Waals surface area contributed by atoms with Gasteiger partial charge in [0.15, 0.2) is 0 Å². The maximum absolute atomic E-state index is 14.3. The third kappa shape index (κ3) is 3.68. The lowest BCUT2D eigenvalue weighted by Crippen LogP contribution is -2.54. The van der Waals surface area contributed by atoms with E-state index in [0.717, 1.165) is 5.56 Å². The fourth-order valence-corrected chi connectivity index (χ4v) is 7.13. The van der Waals surface area contributed by atoms with Crippen molar-refractivity contribution in [2.24, 2.45) is 11.8 Å². The number of amides is 3. The highest BCUT2D eigenvalue weighted by Gasteiger charge is 2.79. The number of carbonyl (C=O) groups excluding carboxylic acids is 3. The fourth-order valence-electron chi connectivity index (χ4n) is 6.86. The summed E-state index contributed by atoms with van der Waals surface area (Å²) in [7, 11) is 1.55. The van der Waals surface area contributed by atoms with E-state index < -0.39 is 47.6 Å². The van der Waals surface area contributed by atoms with Crippen LogP contribution in [0.1, 0.15) is 43.4 Å². The van der Waals surface area contributed by atoms with Crippen molar-refractivity contribution in [1.29, 1.82) is 0 Å². The van der Waals surface area contributed by atoms with E-state index in [0.29, 0.717) is 35.5 Å². The molecule has 8 nitrogen and oxygen atoms in total. The number of anilines is 1. The first-order chi connectivity index (χ1) is 17.7. The van der Waals surface area contributed by atoms with Crippen LogP contribution in [-0.2, 0) is 19.1 Å². The lowest BCUT2D eigenvalue weighted by atomic mass is 9.65. The lowest BCUT2D eigenvalue weighted by molar-refractivity contribution is -0.149. The molecule has 37 heavy (non-hydrogen) atoms. The van der Waals surface area contributed by atoms with Gasteiger partial charge in [-0.3, -0.25) is 14.4 Å². The second-order valence-electron chi connectivity index (χ2n) is 10.2. The van der Waals surface area contributed by atoms with Gasteiger partial charge in [0.1, 0.15) is 11.6 Å². The summed E-state index contributed by atoms with van der Waals surface area (Å²) in [6, 6.07) is 12.6. The highest BCUT2D eigenvalue weighted by Crippen LogP contribution is 2.65. The van der Waals surface area contributed by atoms with Crippen LogP contribution in [0.15, 0.2) is 48.5 Å². The Hall–Kier alpha value is -2.94. The molecule has 0 aromatic heterocycles. The molecule has 1 spiro atoms. The number of nitrogens with one attached hydrogen (secondary N) is 2. The van der Waals surface area contributed by atoms with Crippen LogP contribution >= 0.6 is 11.6 Å². The molecule has 2 unspecified atom stereocenters. The number of carbonyl (C=O) groups is 3. The van der Waals surface area contributed by atoms with Crippen LogP contribution in [0.2, 0.25) is 5.02 Å². The first-order valence-corrected chi connectivity index (χ1v) is 13.1. The van der Waals surface area contributed by atoms with Crippen molar-refractivity contribution in [1.82, 2.24) is 10.2 Å². The molecule has 5 rings (SSSR count). The Labute approximate surface area is 221 Å². The van der Waals surface area contributed by atoms with E-state index in [1.165, 1.54) is 4.90 Å². The van der Waals surface area contributed by atoms with Crippen LogP contribution in [0.25, 0.3) is 0 Å². The average Bonchev–Trinajstić information content (AvgIpc) is 3.51. The standard InChI is InChI=1S/C28H32ClN3O5/c1-4-27-13-14-28(37-27)21(20(27)24(34)30-3)26(36)32(19(15-33)17-10-6-5-7-11-17)23(28)25(35)31-22-16(2)9-8-12-18(22)29/h5-12,19-21,23,33H,4,13-15H2,1-3H3,(H,30,34)(H,31,35)/t19-,20+,21+,23?,27-,28?/m1/s1. The molecule has 3 aliphatic heterocycles. The molecule has 2 aromatic rings. The second kappa shape index (κ2) is 9.42. The van der Waals surface area contributed by atoms with Gasteiger partial charge in [0.05, 0.1) is 40.8 Å². The molecule has 2 aromatic carbocycles. The summed E-state index contributed by atoms with van der Waals surface area (Å²) in [5, 5.41) is 16.6. The summed E-state index contributed by atoms with van der Waals surface area (Å²) in [5.74, 6) is -2.67. The van der Waals surface area contributed by atoms with Crippen LogP contribution in [0.4, 0.5) is 5.69 Å². The van der Waals surface area contributed by atoms with Gasteiger partial charge in [0.2, 0.25) is 17.7 Å². The van der Waals surface area contributed by atoms with Gasteiger partial charge in [-0.1, -0.05) is 61.0 Å². The number of hydrogen-bond acceptors (Lipinski definition) is 5. The lowest BCUT2D eigenvalue weighted by Gasteiger charge is -2.37. The van der Waals surface area contributed by atoms with Gasteiger partial charge in [-0.2, -0.15) is 0 Å². The third-order valence-electron chi connectivity index (χ3n) is 8.56. The number of halogens is 1. The van der Waals surface area contributed by atoms with Gasteiger partial charge in [-0.05, 0) is 43.4 Å². The van der Waals surface area contributed by atoms with E-state index in [2.05, 4.69) is 10.6 Å². The minimum absolute atomic E-state index is 0.273. The van der Waals surface area contributed by atoms with Crippen molar-refractivity contribution in [3.63, 3.8) is 0 Å². The van der Waals surface area contributed by atoms with Gasteiger partial charge < -0.3 is 25.4 Å². The van der Waals surface area contributed by atoms with Crippen LogP contribution < -0.4 is 10.6 Å². The molecule has 3 N–H and O–H groups in total. The summed E-state index contributed by atoms with van der Waals surface area (Å²) in [5.41, 5.74) is -0.101. The summed E-state index contributed by atoms with van der Waals surface area (Å²) in [6.07, 6.45) is 1.55. The summed E-state index contributed by atoms with van der Waals surface area (Å²) in [4.78, 5) is 43.1. The molecule has 0 radical (unpaired) electrons. The minimum atomic E-state index is -1.20. The van der Waals surface area contributed by atoms with Crippen molar-refractivity contribution < 1.29 is 24.2 Å². The predicted molar refractivity (Wildman–Crippen MR) is 139 cm³/mol. The number of likely N-dealkylation sites (tertiary alicyclic amines) is 1. The number of aryl methyl sites for hydroxylation is 1. The van der Waals surface area contributed by atoms with Crippen molar-refractivity contribution in [3.8, 4) is 0 Å². The number of benzene rings is 2. The van der Waals surface area contributed by atoms with Crippen LogP contribution in [0, 0.1) is 18.8 Å². The first-order valence-electron chi connectivity index (χ1n) is 12.7. The molecule has 3 saturated heterocycles. The fraction of sp³-hybridized carbons (Fsp3) is 0.464. The monoisotopic (exact) mass is 525 g/mol. The van der Waals surface area contributed by atoms with Crippen LogP contribution in [0.3, 0.4) is 0 Å². The number of ether oxygens (including phenoxy) is 1. The van der Waals surface area contributed by atoms with E-state index in [4.69, 9.17) is 16.3 Å². The summed E-state index contributed by atoms with van der Waals surface area (Å²) >= 11 is 6.43. The molecule has 3 fully saturated rings. The Kier molecular flexibility index (Phi) is 6.54. The first kappa shape index (κ1) is 25.7. The normalized spacial score (nSPS) is 30.8. The van der Waals surface area contributed by atoms with Gasteiger partial charge >= 0.3 is 0 Å². The molecule has 3 aliphatic rings. The number of rotatable bonds is 7. The van der Waals surface area contributed by atoms with Gasteiger partial charge in [0.25, 0.3) is 0 Å². The SMILES string of the molecule is CC[C@]12CCC3(O1)C(C(=O)Nc1c(C)cccc1Cl)N([C@H](CO)c1ccccc1)C(=O)[C@@H]3[C@H]2C(=O)NC. The second-order valence-corrected chi connectivity index (χ2v) is 10.6. The maximum Gasteiger partial charge on any atom is 0.250 e. The van der Waals surface area contributed by atoms with Crippen LogP contribution in [-0.4, -0.2) is 58.6 Å². The maximum atomic E-state index is 14.3. The van der Waals surface area contributed by atoms with Gasteiger partial charge in [-0.25, -0.2) is 0 Å². The molecular weight excluding hydrogens is 494 g/mol. The van der Waals surface area contributed by atoms with Crippen molar-refractivity contribution in [2.45, 2.75) is 56.4 Å². The molecule has 196 valence electrons. The highest BCUT2D eigenvalue weighted by molar-refractivity contribution is 6.34. The number of hydrogen-bond donors (Lipinski definition) is 3. The predicted octanol–water partition coefficient (Wildman–Crippen LogP) is 3.22. The van der Waals surface area contributed by atoms with E-state index in [1.54, 1.807) is 19.2 Å². The number of fused-ring (bicyclic) bond motifs is 1. The quantitative estimate of drug-likeness (QED) is 0.514. The molecule has 0 aliphatic carbocycles. The molecule has 0 saturated carbocycles. The van der Waals surface area contributed by atoms with E-state index in [-0.39, 0.29) is 11.8 Å². The Morgan fingerprint density at radius 3 is 2.51 bits per heavy atom. The third-order valence-corrected chi connectivity index (χ3v) is 8.87. The zero-order valence-electron chi connectivity index (χ0n) is 21.2. The topological polar surface area (TPSA) is 108 Å². The van der Waals surface area contributed by atoms with Crippen molar-refractivity contribution in [2.75, 3.05) is 19.0 Å². The zero-order valence-corrected chi connectivity index (χ0v) is 21.9. The van der Waals surface area contributed by atoms with Gasteiger partial charge in [0, 0.05) is 7.05 Å². The molecular formula is C28H32ClN3O5. The minimum Gasteiger partial charge on any atom is -0.394 e. The summed E-state index contributed by atoms with van der Waals surface area (Å²) in [6.45, 7) is 3.39. The average molecular weight is 526 g/mol. The Balaban J connectivity index is 1.65. The zero-order chi connectivity index (χ0) is 26.5. The Bertz CT molecular complexity index is 1220. The van der Waals surface area contributed by atoms with Gasteiger partial charge in [-0.15, -0.1) is 0 Å². The van der Waals surface area contributed by atoms with Crippen LogP contribution in [0.5, 0.6) is 0 Å². The highest BCUT2D eigenvalue weighted by atomic mass is 35.5. The molecule has 2 bridgehead atoms. The molecule has 3 heterocycles. The molecule has 3 amide bonds. The van der Waals surface area contributed by atoms with Crippen molar-refractivity contribution >= 4 is 35.0 Å². The number of nitrogens with zero attached hydrogens (tertiary/aromatic N) is 1. The Morgan fingerprint density at radius 1 is 1.16 bits per heavy atom.